The summed E-state index contributed by atoms with van der Waals surface area (Å²) < 4.78 is 0. The highest BCUT2D eigenvalue weighted by Gasteiger charge is 2.27. The molecule has 1 fully saturated rings. The molecule has 1 aliphatic heterocycles. The topological polar surface area (TPSA) is 72.3 Å². The Labute approximate surface area is 111 Å². The molecule has 1 rings (SSSR count). The molecule has 4 nitrogen and oxygen atoms in total. The second-order valence-corrected chi connectivity index (χ2v) is 6.63. The first-order valence-corrected chi connectivity index (χ1v) is 7.08. The van der Waals surface area contributed by atoms with Crippen LogP contribution < -0.4 is 11.5 Å². The zero-order valence-electron chi connectivity index (χ0n) is 12.1. The SMILES string of the molecule is CC(C)(C)C1CCCN(CCC(N)C(N)=O)CC1. The van der Waals surface area contributed by atoms with E-state index in [2.05, 4.69) is 25.7 Å². The van der Waals surface area contributed by atoms with Gasteiger partial charge in [-0.2, -0.15) is 0 Å². The minimum Gasteiger partial charge on any atom is -0.368 e. The van der Waals surface area contributed by atoms with Crippen LogP contribution >= 0.6 is 0 Å². The number of amides is 1. The van der Waals surface area contributed by atoms with Crippen molar-refractivity contribution in [1.29, 1.82) is 0 Å². The van der Waals surface area contributed by atoms with E-state index in [1.807, 2.05) is 0 Å². The summed E-state index contributed by atoms with van der Waals surface area (Å²) in [5.74, 6) is 0.407. The van der Waals surface area contributed by atoms with Crippen molar-refractivity contribution in [3.05, 3.63) is 0 Å². The van der Waals surface area contributed by atoms with E-state index in [4.69, 9.17) is 11.5 Å². The van der Waals surface area contributed by atoms with Crippen molar-refractivity contribution >= 4 is 5.91 Å². The number of hydrogen-bond donors (Lipinski definition) is 2. The fourth-order valence-corrected chi connectivity index (χ4v) is 2.71. The Morgan fingerprint density at radius 1 is 1.33 bits per heavy atom. The van der Waals surface area contributed by atoms with Crippen LogP contribution in [0.1, 0.15) is 46.5 Å². The number of rotatable bonds is 4. The van der Waals surface area contributed by atoms with Crippen LogP contribution in [0.2, 0.25) is 0 Å². The molecule has 2 atom stereocenters. The average Bonchev–Trinajstić information content (AvgIpc) is 2.50. The largest absolute Gasteiger partial charge is 0.368 e. The van der Waals surface area contributed by atoms with Crippen LogP contribution in [-0.2, 0) is 4.79 Å². The summed E-state index contributed by atoms with van der Waals surface area (Å²) in [5, 5.41) is 0. The van der Waals surface area contributed by atoms with Gasteiger partial charge in [0.2, 0.25) is 5.91 Å². The molecule has 0 spiro atoms. The maximum absolute atomic E-state index is 10.9. The lowest BCUT2D eigenvalue weighted by molar-refractivity contribution is -0.119. The van der Waals surface area contributed by atoms with Crippen molar-refractivity contribution in [2.24, 2.45) is 22.8 Å². The minimum atomic E-state index is -0.494. The van der Waals surface area contributed by atoms with Gasteiger partial charge in [0.15, 0.2) is 0 Å². The van der Waals surface area contributed by atoms with Gasteiger partial charge >= 0.3 is 0 Å². The van der Waals surface area contributed by atoms with Crippen LogP contribution in [-0.4, -0.2) is 36.5 Å². The van der Waals surface area contributed by atoms with Crippen LogP contribution in [0, 0.1) is 11.3 Å². The summed E-state index contributed by atoms with van der Waals surface area (Å²) in [6, 6.07) is -0.494. The Morgan fingerprint density at radius 3 is 2.56 bits per heavy atom. The zero-order chi connectivity index (χ0) is 13.8. The zero-order valence-corrected chi connectivity index (χ0v) is 12.1. The Hall–Kier alpha value is -0.610. The third-order valence-corrected chi connectivity index (χ3v) is 4.17. The Kier molecular flexibility index (Phi) is 5.60. The summed E-state index contributed by atoms with van der Waals surface area (Å²) in [4.78, 5) is 13.3. The van der Waals surface area contributed by atoms with Crippen LogP contribution in [0.3, 0.4) is 0 Å². The lowest BCUT2D eigenvalue weighted by Gasteiger charge is -2.29. The molecule has 0 bridgehead atoms. The van der Waals surface area contributed by atoms with Crippen molar-refractivity contribution < 1.29 is 4.79 Å². The molecule has 0 aromatic heterocycles. The van der Waals surface area contributed by atoms with E-state index in [0.29, 0.717) is 11.8 Å². The normalized spacial score (nSPS) is 24.6. The number of likely N-dealkylation sites (tertiary alicyclic amines) is 1. The molecule has 0 aromatic rings. The van der Waals surface area contributed by atoms with Crippen molar-refractivity contribution in [3.8, 4) is 0 Å². The quantitative estimate of drug-likeness (QED) is 0.796. The van der Waals surface area contributed by atoms with Gasteiger partial charge in [-0.3, -0.25) is 4.79 Å². The molecule has 106 valence electrons. The van der Waals surface area contributed by atoms with Crippen LogP contribution in [0.15, 0.2) is 0 Å². The maximum atomic E-state index is 10.9. The average molecular weight is 255 g/mol. The van der Waals surface area contributed by atoms with Gasteiger partial charge in [0.1, 0.15) is 0 Å². The molecule has 1 amide bonds. The predicted molar refractivity (Wildman–Crippen MR) is 75.0 cm³/mol. The van der Waals surface area contributed by atoms with Crippen molar-refractivity contribution in [3.63, 3.8) is 0 Å². The van der Waals surface area contributed by atoms with Crippen molar-refractivity contribution in [2.75, 3.05) is 19.6 Å². The molecule has 1 saturated heterocycles. The monoisotopic (exact) mass is 255 g/mol. The summed E-state index contributed by atoms with van der Waals surface area (Å²) in [6.45, 7) is 10.1. The van der Waals surface area contributed by atoms with Gasteiger partial charge < -0.3 is 16.4 Å². The van der Waals surface area contributed by atoms with Gasteiger partial charge in [-0.25, -0.2) is 0 Å². The molecule has 2 unspecified atom stereocenters. The van der Waals surface area contributed by atoms with Crippen LogP contribution in [0.25, 0.3) is 0 Å². The molecule has 0 aromatic carbocycles. The third-order valence-electron chi connectivity index (χ3n) is 4.17. The van der Waals surface area contributed by atoms with Gasteiger partial charge in [0, 0.05) is 6.54 Å². The van der Waals surface area contributed by atoms with E-state index in [-0.39, 0.29) is 0 Å². The standard InChI is InChI=1S/C14H29N3O/c1-14(2,3)11-5-4-8-17(9-6-11)10-7-12(15)13(16)18/h11-12H,4-10,15H2,1-3H3,(H2,16,18). The van der Waals surface area contributed by atoms with Gasteiger partial charge in [0.25, 0.3) is 0 Å². The first kappa shape index (κ1) is 15.4. The second-order valence-electron chi connectivity index (χ2n) is 6.63. The van der Waals surface area contributed by atoms with Gasteiger partial charge in [0.05, 0.1) is 6.04 Å². The lowest BCUT2D eigenvalue weighted by atomic mass is 9.77. The number of nitrogens with two attached hydrogens (primary N) is 2. The molecule has 1 heterocycles. The first-order chi connectivity index (χ1) is 8.30. The Balaban J connectivity index is 2.36. The van der Waals surface area contributed by atoms with Crippen LogP contribution in [0.4, 0.5) is 0 Å². The number of hydrogen-bond acceptors (Lipinski definition) is 3. The van der Waals surface area contributed by atoms with E-state index < -0.39 is 11.9 Å². The van der Waals surface area contributed by atoms with Crippen LogP contribution in [0.5, 0.6) is 0 Å². The Bertz CT molecular complexity index is 273. The molecule has 0 radical (unpaired) electrons. The second kappa shape index (κ2) is 6.53. The molecular weight excluding hydrogens is 226 g/mol. The fraction of sp³-hybridized carbons (Fsp3) is 0.929. The smallest absolute Gasteiger partial charge is 0.234 e. The lowest BCUT2D eigenvalue weighted by Crippen LogP contribution is -2.40. The number of nitrogens with zero attached hydrogens (tertiary/aromatic N) is 1. The van der Waals surface area contributed by atoms with Gasteiger partial charge in [-0.05, 0) is 50.1 Å². The molecule has 1 aliphatic rings. The van der Waals surface area contributed by atoms with E-state index >= 15 is 0 Å². The highest BCUT2D eigenvalue weighted by molar-refractivity contribution is 5.79. The fourth-order valence-electron chi connectivity index (χ4n) is 2.71. The highest BCUT2D eigenvalue weighted by atomic mass is 16.1. The maximum Gasteiger partial charge on any atom is 0.234 e. The molecule has 0 saturated carbocycles. The Morgan fingerprint density at radius 2 is 2.00 bits per heavy atom. The van der Waals surface area contributed by atoms with Crippen molar-refractivity contribution in [1.82, 2.24) is 4.90 Å². The van der Waals surface area contributed by atoms with Crippen molar-refractivity contribution in [2.45, 2.75) is 52.5 Å². The van der Waals surface area contributed by atoms with Gasteiger partial charge in [-0.15, -0.1) is 0 Å². The van der Waals surface area contributed by atoms with E-state index in [0.717, 1.165) is 25.6 Å². The summed E-state index contributed by atoms with van der Waals surface area (Å²) in [5.41, 5.74) is 11.2. The molecule has 4 heteroatoms. The van der Waals surface area contributed by atoms with E-state index in [9.17, 15) is 4.79 Å². The minimum absolute atomic E-state index is 0.391. The highest BCUT2D eigenvalue weighted by Crippen LogP contribution is 2.34. The molecule has 4 N–H and O–H groups in total. The molecule has 18 heavy (non-hydrogen) atoms. The first-order valence-electron chi connectivity index (χ1n) is 7.08. The summed E-state index contributed by atoms with van der Waals surface area (Å²) in [6.07, 6.45) is 4.47. The summed E-state index contributed by atoms with van der Waals surface area (Å²) >= 11 is 0. The van der Waals surface area contributed by atoms with E-state index in [1.54, 1.807) is 0 Å². The molecular formula is C14H29N3O. The number of carbonyl (C=O) groups excluding carboxylic acids is 1. The number of carbonyl (C=O) groups is 1. The number of primary amides is 1. The van der Waals surface area contributed by atoms with Gasteiger partial charge in [-0.1, -0.05) is 20.8 Å². The third kappa shape index (κ3) is 4.94. The van der Waals surface area contributed by atoms with E-state index in [1.165, 1.54) is 19.3 Å². The predicted octanol–water partition coefficient (Wildman–Crippen LogP) is 1.34. The summed E-state index contributed by atoms with van der Waals surface area (Å²) in [7, 11) is 0. The molecule has 0 aliphatic carbocycles.